The second-order valence-corrected chi connectivity index (χ2v) is 10.8. The molecular formula is C23H26FN5O5S. The lowest BCUT2D eigenvalue weighted by molar-refractivity contribution is 0.0998. The van der Waals surface area contributed by atoms with Gasteiger partial charge in [0.15, 0.2) is 17.3 Å². The lowest BCUT2D eigenvalue weighted by Crippen LogP contribution is -2.25. The van der Waals surface area contributed by atoms with Gasteiger partial charge >= 0.3 is 0 Å². The van der Waals surface area contributed by atoms with Crippen molar-refractivity contribution in [3.8, 4) is 11.5 Å². The van der Waals surface area contributed by atoms with Crippen LogP contribution in [0.1, 0.15) is 41.2 Å². The normalized spacial score (nSPS) is 18.3. The fourth-order valence-corrected chi connectivity index (χ4v) is 5.64. The van der Waals surface area contributed by atoms with Gasteiger partial charge in [-0.15, -0.1) is 0 Å². The highest BCUT2D eigenvalue weighted by atomic mass is 32.2. The number of nitrogens with zero attached hydrogens (tertiary/aromatic N) is 4. The lowest BCUT2D eigenvalue weighted by Gasteiger charge is -2.28. The topological polar surface area (TPSA) is 119 Å². The van der Waals surface area contributed by atoms with Gasteiger partial charge in [-0.2, -0.15) is 5.10 Å². The van der Waals surface area contributed by atoms with Crippen LogP contribution in [-0.4, -0.2) is 62.1 Å². The molecule has 1 atom stereocenters. The number of rotatable bonds is 5. The molecule has 1 aromatic carbocycles. The summed E-state index contributed by atoms with van der Waals surface area (Å²) in [5.74, 6) is -0.824. The molecule has 1 unspecified atom stereocenters. The van der Waals surface area contributed by atoms with Crippen molar-refractivity contribution in [2.24, 2.45) is 5.73 Å². The number of benzene rings is 1. The van der Waals surface area contributed by atoms with Crippen LogP contribution in [0, 0.1) is 5.82 Å². The molecule has 0 radical (unpaired) electrons. The van der Waals surface area contributed by atoms with E-state index in [4.69, 9.17) is 15.2 Å². The summed E-state index contributed by atoms with van der Waals surface area (Å²) in [5, 5.41) is 3.73. The monoisotopic (exact) mass is 503 g/mol. The van der Waals surface area contributed by atoms with Gasteiger partial charge in [0.05, 0.1) is 24.8 Å². The molecule has 0 saturated carbocycles. The Morgan fingerprint density at radius 3 is 2.71 bits per heavy atom. The van der Waals surface area contributed by atoms with Crippen LogP contribution in [0.25, 0.3) is 5.52 Å². The molecule has 186 valence electrons. The molecule has 10 nitrogen and oxygen atoms in total. The van der Waals surface area contributed by atoms with Crippen LogP contribution < -0.4 is 20.1 Å². The highest BCUT2D eigenvalue weighted by Gasteiger charge is 2.32. The van der Waals surface area contributed by atoms with Crippen LogP contribution in [0.3, 0.4) is 0 Å². The largest absolute Gasteiger partial charge is 0.489 e. The number of amides is 1. The zero-order valence-electron chi connectivity index (χ0n) is 19.4. The minimum Gasteiger partial charge on any atom is -0.489 e. The van der Waals surface area contributed by atoms with E-state index in [1.165, 1.54) is 24.7 Å². The molecule has 5 rings (SSSR count). The van der Waals surface area contributed by atoms with Crippen LogP contribution in [0.2, 0.25) is 0 Å². The number of nitrogens with two attached hydrogens (primary N) is 1. The van der Waals surface area contributed by atoms with E-state index in [0.717, 1.165) is 28.4 Å². The fourth-order valence-electron chi connectivity index (χ4n) is 4.64. The Morgan fingerprint density at radius 2 is 1.97 bits per heavy atom. The highest BCUT2D eigenvalue weighted by Crippen LogP contribution is 2.42. The molecule has 12 heteroatoms. The minimum atomic E-state index is -4.00. The van der Waals surface area contributed by atoms with E-state index in [1.54, 1.807) is 18.3 Å². The number of carbonyl (C=O) groups is 1. The Morgan fingerprint density at radius 1 is 1.20 bits per heavy atom. The smallest absolute Gasteiger partial charge is 0.262 e. The Bertz CT molecular complexity index is 1420. The van der Waals surface area contributed by atoms with Crippen LogP contribution >= 0.6 is 0 Å². The summed E-state index contributed by atoms with van der Waals surface area (Å²) in [6, 6.07) is 6.63. The average molecular weight is 504 g/mol. The van der Waals surface area contributed by atoms with E-state index in [0.29, 0.717) is 31.9 Å². The molecule has 1 saturated heterocycles. The molecule has 2 aromatic heterocycles. The van der Waals surface area contributed by atoms with Gasteiger partial charge in [-0.25, -0.2) is 21.6 Å². The number of ether oxygens (including phenoxy) is 2. The van der Waals surface area contributed by atoms with E-state index in [1.807, 2.05) is 6.07 Å². The van der Waals surface area contributed by atoms with Gasteiger partial charge in [0.1, 0.15) is 5.56 Å². The minimum absolute atomic E-state index is 0.136. The second-order valence-electron chi connectivity index (χ2n) is 8.78. The summed E-state index contributed by atoms with van der Waals surface area (Å²) in [4.78, 5) is 14.4. The van der Waals surface area contributed by atoms with Gasteiger partial charge in [0.2, 0.25) is 5.03 Å². The van der Waals surface area contributed by atoms with Crippen LogP contribution in [-0.2, 0) is 10.0 Å². The number of hydrogen-bond acceptors (Lipinski definition) is 7. The molecule has 1 fully saturated rings. The van der Waals surface area contributed by atoms with Gasteiger partial charge in [-0.3, -0.25) is 4.79 Å². The number of primary amides is 1. The number of aromatic nitrogens is 2. The molecule has 0 aliphatic carbocycles. The van der Waals surface area contributed by atoms with Crippen LogP contribution in [0.5, 0.6) is 11.5 Å². The molecule has 35 heavy (non-hydrogen) atoms. The van der Waals surface area contributed by atoms with E-state index in [2.05, 4.69) is 10.00 Å². The summed E-state index contributed by atoms with van der Waals surface area (Å²) >= 11 is 0. The second kappa shape index (κ2) is 8.68. The maximum atomic E-state index is 14.9. The van der Waals surface area contributed by atoms with Gasteiger partial charge in [0, 0.05) is 38.9 Å². The summed E-state index contributed by atoms with van der Waals surface area (Å²) in [6.45, 7) is 1.55. The van der Waals surface area contributed by atoms with Crippen molar-refractivity contribution in [1.82, 2.24) is 13.9 Å². The first-order chi connectivity index (χ1) is 16.7. The molecule has 0 spiro atoms. The van der Waals surface area contributed by atoms with Crippen LogP contribution in [0.15, 0.2) is 35.5 Å². The zero-order valence-corrected chi connectivity index (χ0v) is 20.2. The third-order valence-corrected chi connectivity index (χ3v) is 8.09. The number of carbonyl (C=O) groups excluding carboxylic acids is 1. The summed E-state index contributed by atoms with van der Waals surface area (Å²) in [6.07, 6.45) is 3.92. The molecule has 4 heterocycles. The van der Waals surface area contributed by atoms with E-state index in [-0.39, 0.29) is 22.9 Å². The molecule has 0 bridgehead atoms. The maximum absolute atomic E-state index is 14.9. The van der Waals surface area contributed by atoms with Gasteiger partial charge in [-0.05, 0) is 42.7 Å². The van der Waals surface area contributed by atoms with Crippen molar-refractivity contribution >= 4 is 27.1 Å². The van der Waals surface area contributed by atoms with Crippen molar-refractivity contribution in [1.29, 1.82) is 0 Å². The van der Waals surface area contributed by atoms with E-state index >= 15 is 0 Å². The number of fused-ring (bicyclic) bond motifs is 2. The number of sulfonamides is 1. The summed E-state index contributed by atoms with van der Waals surface area (Å²) < 4.78 is 53.9. The Kier molecular flexibility index (Phi) is 5.80. The SMILES string of the molecule is CN(C)S(=O)(=O)c1nn2ccc(N3CCCC3c3cc(F)c4c(c3)OCCCO4)cc2c1C(N)=O. The first kappa shape index (κ1) is 23.4. The number of hydrogen-bond donors (Lipinski definition) is 1. The third-order valence-electron chi connectivity index (χ3n) is 6.35. The van der Waals surface area contributed by atoms with Crippen molar-refractivity contribution in [3.63, 3.8) is 0 Å². The standard InChI is InChI=1S/C23H26FN5O5S/c1-27(2)35(31,32)23-20(22(25)30)18-13-15(6-8-29(18)26-23)28-7-3-5-17(28)14-11-16(24)21-19(12-14)33-9-4-10-34-21/h6,8,11-13,17H,3-5,7,9-10H2,1-2H3,(H2,25,30). The average Bonchev–Trinajstić information content (AvgIpc) is 3.37. The predicted octanol–water partition coefficient (Wildman–Crippen LogP) is 2.33. The number of halogens is 1. The Hall–Kier alpha value is -3.38. The first-order valence-corrected chi connectivity index (χ1v) is 12.7. The van der Waals surface area contributed by atoms with Gasteiger partial charge in [-0.1, -0.05) is 0 Å². The van der Waals surface area contributed by atoms with Crippen molar-refractivity contribution in [3.05, 3.63) is 47.4 Å². The number of anilines is 1. The lowest BCUT2D eigenvalue weighted by atomic mass is 10.0. The Labute approximate surface area is 202 Å². The fraction of sp³-hybridized carbons (Fsp3) is 0.391. The van der Waals surface area contributed by atoms with Crippen molar-refractivity contribution < 1.29 is 27.1 Å². The molecule has 2 N–H and O–H groups in total. The third kappa shape index (κ3) is 3.96. The number of pyridine rings is 1. The van der Waals surface area contributed by atoms with Crippen LogP contribution in [0.4, 0.5) is 10.1 Å². The van der Waals surface area contributed by atoms with E-state index < -0.39 is 26.8 Å². The van der Waals surface area contributed by atoms with Gasteiger partial charge in [0.25, 0.3) is 15.9 Å². The maximum Gasteiger partial charge on any atom is 0.262 e. The quantitative estimate of drug-likeness (QED) is 0.567. The molecule has 2 aliphatic rings. The van der Waals surface area contributed by atoms with Crippen molar-refractivity contribution in [2.45, 2.75) is 30.3 Å². The molecule has 2 aliphatic heterocycles. The summed E-state index contributed by atoms with van der Waals surface area (Å²) in [7, 11) is -1.28. The highest BCUT2D eigenvalue weighted by molar-refractivity contribution is 7.89. The molecule has 1 amide bonds. The first-order valence-electron chi connectivity index (χ1n) is 11.3. The van der Waals surface area contributed by atoms with Crippen molar-refractivity contribution in [2.75, 3.05) is 38.8 Å². The Balaban J connectivity index is 1.58. The van der Waals surface area contributed by atoms with E-state index in [9.17, 15) is 17.6 Å². The molecule has 3 aromatic rings. The predicted molar refractivity (Wildman–Crippen MR) is 126 cm³/mol. The van der Waals surface area contributed by atoms with Gasteiger partial charge < -0.3 is 20.1 Å². The zero-order chi connectivity index (χ0) is 24.9. The summed E-state index contributed by atoms with van der Waals surface area (Å²) in [5.41, 5.74) is 7.19. The molecular weight excluding hydrogens is 477 g/mol.